The summed E-state index contributed by atoms with van der Waals surface area (Å²) < 4.78 is 26.8. The molecule has 6 nitrogen and oxygen atoms in total. The lowest BCUT2D eigenvalue weighted by molar-refractivity contribution is -0.123. The molecule has 25 heavy (non-hydrogen) atoms. The molecule has 3 fully saturated rings. The maximum absolute atomic E-state index is 12.6. The number of nitrogens with one attached hydrogen (secondary N) is 2. The Bertz CT molecular complexity index is 533. The third-order valence-electron chi connectivity index (χ3n) is 5.83. The molecule has 3 aliphatic rings. The molecule has 0 bridgehead atoms. The standard InChI is InChI=1S/C17H31N3O3S.ClH/c21-17(16-7-2-9-18-16)19-12-15-6-3-10-20(13-15)24(22,23)11-8-14-4-1-5-14;/h14-16,18H,1-13H2,(H,19,21);1H. The van der Waals surface area contributed by atoms with Gasteiger partial charge in [0.15, 0.2) is 0 Å². The summed E-state index contributed by atoms with van der Waals surface area (Å²) >= 11 is 0. The summed E-state index contributed by atoms with van der Waals surface area (Å²) in [6, 6.07) is -0.0593. The zero-order chi connectivity index (χ0) is 17.0. The van der Waals surface area contributed by atoms with E-state index >= 15 is 0 Å². The van der Waals surface area contributed by atoms with Crippen molar-refractivity contribution in [2.24, 2.45) is 11.8 Å². The monoisotopic (exact) mass is 393 g/mol. The van der Waals surface area contributed by atoms with E-state index in [0.29, 0.717) is 31.3 Å². The number of rotatable bonds is 7. The fourth-order valence-corrected chi connectivity index (χ4v) is 5.68. The lowest BCUT2D eigenvalue weighted by Crippen LogP contribution is -2.47. The highest BCUT2D eigenvalue weighted by molar-refractivity contribution is 7.89. The third kappa shape index (κ3) is 5.81. The summed E-state index contributed by atoms with van der Waals surface area (Å²) in [5.41, 5.74) is 0. The van der Waals surface area contributed by atoms with E-state index < -0.39 is 10.0 Å². The van der Waals surface area contributed by atoms with Gasteiger partial charge in [0.1, 0.15) is 0 Å². The average Bonchev–Trinajstić information content (AvgIpc) is 3.06. The van der Waals surface area contributed by atoms with Crippen molar-refractivity contribution in [3.63, 3.8) is 0 Å². The van der Waals surface area contributed by atoms with Gasteiger partial charge in [-0.15, -0.1) is 12.4 Å². The Balaban J connectivity index is 0.00000225. The smallest absolute Gasteiger partial charge is 0.237 e. The summed E-state index contributed by atoms with van der Waals surface area (Å²) in [6.45, 7) is 2.70. The molecule has 0 spiro atoms. The number of halogens is 1. The zero-order valence-corrected chi connectivity index (χ0v) is 16.5. The Hall–Kier alpha value is -0.370. The Morgan fingerprint density at radius 2 is 1.84 bits per heavy atom. The number of sulfonamides is 1. The molecule has 2 heterocycles. The van der Waals surface area contributed by atoms with Crippen LogP contribution >= 0.6 is 12.4 Å². The maximum Gasteiger partial charge on any atom is 0.237 e. The van der Waals surface area contributed by atoms with Gasteiger partial charge in [0.05, 0.1) is 11.8 Å². The second kappa shape index (κ2) is 9.53. The van der Waals surface area contributed by atoms with Gasteiger partial charge in [-0.2, -0.15) is 0 Å². The molecule has 2 N–H and O–H groups in total. The van der Waals surface area contributed by atoms with Crippen LogP contribution in [-0.2, 0) is 14.8 Å². The van der Waals surface area contributed by atoms with E-state index in [1.165, 1.54) is 19.3 Å². The van der Waals surface area contributed by atoms with Crippen LogP contribution in [0, 0.1) is 11.8 Å². The van der Waals surface area contributed by atoms with Crippen LogP contribution in [0.25, 0.3) is 0 Å². The van der Waals surface area contributed by atoms with Crippen LogP contribution in [0.1, 0.15) is 51.4 Å². The first-order valence-electron chi connectivity index (χ1n) is 9.53. The van der Waals surface area contributed by atoms with Crippen LogP contribution < -0.4 is 10.6 Å². The molecule has 2 aliphatic heterocycles. The highest BCUT2D eigenvalue weighted by Crippen LogP contribution is 2.30. The minimum atomic E-state index is -3.13. The largest absolute Gasteiger partial charge is 0.354 e. The van der Waals surface area contributed by atoms with Crippen molar-refractivity contribution >= 4 is 28.3 Å². The van der Waals surface area contributed by atoms with Crippen LogP contribution in [0.5, 0.6) is 0 Å². The fourth-order valence-electron chi connectivity index (χ4n) is 3.95. The number of hydrogen-bond donors (Lipinski definition) is 2. The Morgan fingerprint density at radius 1 is 1.08 bits per heavy atom. The van der Waals surface area contributed by atoms with E-state index in [-0.39, 0.29) is 30.3 Å². The molecule has 1 amide bonds. The first kappa shape index (κ1) is 20.9. The molecule has 0 aromatic heterocycles. The van der Waals surface area contributed by atoms with Gasteiger partial charge in [-0.25, -0.2) is 12.7 Å². The highest BCUT2D eigenvalue weighted by Gasteiger charge is 2.31. The number of piperidine rings is 1. The van der Waals surface area contributed by atoms with Crippen molar-refractivity contribution in [1.29, 1.82) is 0 Å². The normalized spacial score (nSPS) is 28.2. The van der Waals surface area contributed by atoms with Gasteiger partial charge in [0, 0.05) is 19.6 Å². The molecule has 8 heteroatoms. The number of nitrogens with zero attached hydrogens (tertiary/aromatic N) is 1. The molecule has 2 unspecified atom stereocenters. The molecule has 0 aromatic carbocycles. The predicted molar refractivity (Wildman–Crippen MR) is 101 cm³/mol. The van der Waals surface area contributed by atoms with Gasteiger partial charge in [-0.1, -0.05) is 19.3 Å². The van der Waals surface area contributed by atoms with Gasteiger partial charge in [0.2, 0.25) is 15.9 Å². The van der Waals surface area contributed by atoms with Crippen LogP contribution in [-0.4, -0.2) is 56.6 Å². The topological polar surface area (TPSA) is 78.5 Å². The summed E-state index contributed by atoms with van der Waals surface area (Å²) in [5, 5.41) is 6.21. The van der Waals surface area contributed by atoms with Gasteiger partial charge in [0.25, 0.3) is 0 Å². The Kier molecular flexibility index (Phi) is 7.98. The summed E-state index contributed by atoms with van der Waals surface area (Å²) in [7, 11) is -3.13. The number of hydrogen-bond acceptors (Lipinski definition) is 4. The van der Waals surface area contributed by atoms with E-state index in [9.17, 15) is 13.2 Å². The fraction of sp³-hybridized carbons (Fsp3) is 0.941. The summed E-state index contributed by atoms with van der Waals surface area (Å²) in [6.07, 6.45) is 8.29. The highest BCUT2D eigenvalue weighted by atomic mass is 35.5. The van der Waals surface area contributed by atoms with E-state index in [1.54, 1.807) is 4.31 Å². The minimum absolute atomic E-state index is 0. The molecule has 3 rings (SSSR count). The lowest BCUT2D eigenvalue weighted by atomic mass is 9.84. The molecular weight excluding hydrogens is 362 g/mol. The van der Waals surface area contributed by atoms with Crippen LogP contribution in [0.3, 0.4) is 0 Å². The van der Waals surface area contributed by atoms with Crippen molar-refractivity contribution < 1.29 is 13.2 Å². The van der Waals surface area contributed by atoms with E-state index in [0.717, 1.165) is 38.6 Å². The van der Waals surface area contributed by atoms with Crippen molar-refractivity contribution in [2.45, 2.75) is 57.4 Å². The first-order valence-corrected chi connectivity index (χ1v) is 11.1. The average molecular weight is 394 g/mol. The first-order chi connectivity index (χ1) is 11.5. The summed E-state index contributed by atoms with van der Waals surface area (Å²) in [4.78, 5) is 12.1. The van der Waals surface area contributed by atoms with Gasteiger partial charge < -0.3 is 10.6 Å². The number of carbonyl (C=O) groups excluding carboxylic acids is 1. The Morgan fingerprint density at radius 3 is 2.48 bits per heavy atom. The molecule has 1 saturated carbocycles. The molecule has 2 saturated heterocycles. The van der Waals surface area contributed by atoms with Crippen LogP contribution in [0.15, 0.2) is 0 Å². The van der Waals surface area contributed by atoms with E-state index in [1.807, 2.05) is 0 Å². The Labute approximate surface area is 157 Å². The van der Waals surface area contributed by atoms with Crippen LogP contribution in [0.2, 0.25) is 0 Å². The van der Waals surface area contributed by atoms with E-state index in [4.69, 9.17) is 0 Å². The molecule has 0 radical (unpaired) electrons. The minimum Gasteiger partial charge on any atom is -0.354 e. The maximum atomic E-state index is 12.6. The summed E-state index contributed by atoms with van der Waals surface area (Å²) in [5.74, 6) is 1.22. The third-order valence-corrected chi connectivity index (χ3v) is 7.70. The van der Waals surface area contributed by atoms with Gasteiger partial charge in [-0.05, 0) is 50.5 Å². The SMILES string of the molecule is Cl.O=C(NCC1CCCN(S(=O)(=O)CCC2CCC2)C1)C1CCCN1. The molecule has 2 atom stereocenters. The van der Waals surface area contributed by atoms with Crippen molar-refractivity contribution in [3.05, 3.63) is 0 Å². The second-order valence-corrected chi connectivity index (χ2v) is 9.75. The number of amides is 1. The molecule has 0 aromatic rings. The van der Waals surface area contributed by atoms with Crippen LogP contribution in [0.4, 0.5) is 0 Å². The van der Waals surface area contributed by atoms with Gasteiger partial charge in [-0.3, -0.25) is 4.79 Å². The molecule has 146 valence electrons. The van der Waals surface area contributed by atoms with Crippen molar-refractivity contribution in [2.75, 3.05) is 31.9 Å². The van der Waals surface area contributed by atoms with Crippen molar-refractivity contribution in [3.8, 4) is 0 Å². The van der Waals surface area contributed by atoms with E-state index in [2.05, 4.69) is 10.6 Å². The lowest BCUT2D eigenvalue weighted by Gasteiger charge is -2.33. The second-order valence-electron chi connectivity index (χ2n) is 7.66. The van der Waals surface area contributed by atoms with Crippen molar-refractivity contribution in [1.82, 2.24) is 14.9 Å². The molecule has 1 aliphatic carbocycles. The number of carbonyl (C=O) groups is 1. The van der Waals surface area contributed by atoms with Gasteiger partial charge >= 0.3 is 0 Å². The zero-order valence-electron chi connectivity index (χ0n) is 14.9. The molecular formula is C17H32ClN3O3S. The quantitative estimate of drug-likeness (QED) is 0.687. The predicted octanol–water partition coefficient (Wildman–Crippen LogP) is 1.51.